The van der Waals surface area contributed by atoms with Crippen LogP contribution >= 0.6 is 33.1 Å². The van der Waals surface area contributed by atoms with E-state index in [9.17, 15) is 30.6 Å². The third-order valence-electron chi connectivity index (χ3n) is 17.9. The fourth-order valence-electron chi connectivity index (χ4n) is 13.5. The van der Waals surface area contributed by atoms with E-state index >= 15 is 4.79 Å². The van der Waals surface area contributed by atoms with Crippen molar-refractivity contribution in [3.63, 3.8) is 0 Å². The van der Waals surface area contributed by atoms with Crippen molar-refractivity contribution in [3.05, 3.63) is 112 Å². The first-order chi connectivity index (χ1) is 47.5. The van der Waals surface area contributed by atoms with E-state index in [-0.39, 0.29) is 142 Å². The van der Waals surface area contributed by atoms with Crippen molar-refractivity contribution < 1.29 is 69.3 Å². The summed E-state index contributed by atoms with van der Waals surface area (Å²) in [4.78, 5) is 54.2. The van der Waals surface area contributed by atoms with Gasteiger partial charge in [-0.1, -0.05) is 148 Å². The van der Waals surface area contributed by atoms with Crippen molar-refractivity contribution >= 4 is 73.6 Å². The van der Waals surface area contributed by atoms with E-state index in [1.54, 1.807) is 41.1 Å². The zero-order valence-corrected chi connectivity index (χ0v) is 64.7. The molecule has 99 heavy (non-hydrogen) atoms. The third-order valence-corrected chi connectivity index (χ3v) is 32.9. The molecule has 2 amide bonds. The van der Waals surface area contributed by atoms with E-state index in [2.05, 4.69) is 141 Å². The first-order valence-corrected chi connectivity index (χ1v) is 41.1. The second-order valence-corrected chi connectivity index (χ2v) is 40.0. The predicted molar refractivity (Wildman–Crippen MR) is 384 cm³/mol. The number of unbranched alkanes of at least 4 members (excludes halogenated alkanes) is 1. The lowest BCUT2D eigenvalue weighted by Crippen LogP contribution is -2.51. The van der Waals surface area contributed by atoms with Gasteiger partial charge in [0.25, 0.3) is 5.91 Å². The van der Waals surface area contributed by atoms with Gasteiger partial charge in [0, 0.05) is 28.7 Å². The van der Waals surface area contributed by atoms with Crippen molar-refractivity contribution in [1.82, 2.24) is 14.9 Å². The molecule has 538 valence electrons. The van der Waals surface area contributed by atoms with Crippen LogP contribution in [0.1, 0.15) is 162 Å². The molecule has 24 nitrogen and oxygen atoms in total. The lowest BCUT2D eigenvalue weighted by Gasteiger charge is -2.43. The number of benzene rings is 3. The molecule has 0 spiro atoms. The lowest BCUT2D eigenvalue weighted by molar-refractivity contribution is -0.143. The largest absolute Gasteiger partial charge is 0.467 e. The van der Waals surface area contributed by atoms with Crippen LogP contribution in [0.25, 0.3) is 11.1 Å². The summed E-state index contributed by atoms with van der Waals surface area (Å²) in [5.41, 5.74) is 5.62. The first-order valence-electron chi connectivity index (χ1n) is 33.8. The number of anilines is 1. The second kappa shape index (κ2) is 41.3. The Hall–Kier alpha value is -5.92. The van der Waals surface area contributed by atoms with Crippen LogP contribution in [-0.4, -0.2) is 135 Å². The number of nitriles is 4. The topological polar surface area (TPSA) is 303 Å². The Labute approximate surface area is 597 Å². The quantitative estimate of drug-likeness (QED) is 0.0142. The predicted octanol–water partition coefficient (Wildman–Crippen LogP) is 15.6. The van der Waals surface area contributed by atoms with E-state index in [0.29, 0.717) is 18.4 Å². The third kappa shape index (κ3) is 22.1. The van der Waals surface area contributed by atoms with Crippen molar-refractivity contribution in [2.45, 2.75) is 198 Å². The number of hydrogen-bond acceptors (Lipinski definition) is 21. The summed E-state index contributed by atoms with van der Waals surface area (Å²) < 4.78 is 79.3. The smallest absolute Gasteiger partial charge is 0.407 e. The Morgan fingerprint density at radius 1 is 0.667 bits per heavy atom. The summed E-state index contributed by atoms with van der Waals surface area (Å²) in [6.07, 6.45) is -2.83. The summed E-state index contributed by atoms with van der Waals surface area (Å²) in [5.74, 6) is -1.06. The van der Waals surface area contributed by atoms with Crippen LogP contribution in [0.3, 0.4) is 0 Å². The maximum Gasteiger partial charge on any atom is 0.407 e. The normalized spacial score (nSPS) is 16.7. The summed E-state index contributed by atoms with van der Waals surface area (Å²) in [6, 6.07) is 31.9. The molecular formula is C70H98BrN9O15P2Si2. The first kappa shape index (κ1) is 82.0. The summed E-state index contributed by atoms with van der Waals surface area (Å²) in [6.45, 7) is 25.2. The summed E-state index contributed by atoms with van der Waals surface area (Å²) in [5, 5.41) is 40.8. The van der Waals surface area contributed by atoms with Crippen molar-refractivity contribution in [2.75, 3.05) is 71.7 Å². The molecule has 4 aromatic rings. The Morgan fingerprint density at radius 2 is 1.18 bits per heavy atom. The molecular weight excluding hydrogens is 1400 g/mol. The number of halogens is 1. The van der Waals surface area contributed by atoms with E-state index in [0.717, 1.165) is 26.7 Å². The standard InChI is InChI=1S/C70H98BrN9O15P2Si2/c1-48(2)98(49(3)4,50(5)6)92-46-80(66(81)54-29-31-55(71)32-30-54)63-33-39-79(69(78-63)76-38-19-18-28-61(68(82)84-13)77-70(83)85-44-60-58-26-16-14-24-56(58)57-25-15-17-27-59(57)60)67-65(86-47-93-99(51(7)8,52(9)10)53(11)12)64(95-97(89-42-22-36-74)90-43-23-37-75)62(94-67)45-91-96(87-40-20-34-72)88-41-21-35-73/h14-17,24-27,29-33,39,48-53,60-62,64-65,67H,18-23,28,38,40-47H2,1-13H3,(H,77,83)/t61-,62+,64+,65+,67+/m0/s1. The molecule has 1 saturated heterocycles. The average molecular weight is 1500 g/mol. The number of esters is 1. The highest BCUT2D eigenvalue weighted by molar-refractivity contribution is 9.10. The van der Waals surface area contributed by atoms with Crippen LogP contribution in [0.4, 0.5) is 10.6 Å². The number of nitrogens with zero attached hydrogens (tertiary/aromatic N) is 8. The second-order valence-electron chi connectivity index (χ2n) is 25.8. The number of amides is 2. The number of carbonyl (C=O) groups is 3. The molecule has 0 radical (unpaired) electrons. The monoisotopic (exact) mass is 1500 g/mol. The van der Waals surface area contributed by atoms with Gasteiger partial charge in [0.05, 0.1) is 90.1 Å². The number of nitrogens with one attached hydrogen (secondary N) is 1. The van der Waals surface area contributed by atoms with Crippen LogP contribution in [0.15, 0.2) is 94.5 Å². The van der Waals surface area contributed by atoms with Gasteiger partial charge in [0.1, 0.15) is 50.3 Å². The van der Waals surface area contributed by atoms with Crippen molar-refractivity contribution in [2.24, 2.45) is 4.99 Å². The molecule has 1 aromatic heterocycles. The maximum atomic E-state index is 15.2. The van der Waals surface area contributed by atoms with Crippen LogP contribution in [-0.2, 0) is 59.7 Å². The Balaban J connectivity index is 1.48. The van der Waals surface area contributed by atoms with Crippen molar-refractivity contribution in [3.8, 4) is 35.4 Å². The molecule has 29 heteroatoms. The van der Waals surface area contributed by atoms with Crippen LogP contribution in [0.5, 0.6) is 0 Å². The zero-order valence-electron chi connectivity index (χ0n) is 59.3. The molecule has 2 aliphatic rings. The minimum atomic E-state index is -2.66. The molecule has 1 aliphatic heterocycles. The number of fused-ring (bicyclic) bond motifs is 3. The molecule has 1 fully saturated rings. The Morgan fingerprint density at radius 3 is 1.70 bits per heavy atom. The Kier molecular flexibility index (Phi) is 34.2. The number of aromatic nitrogens is 2. The molecule has 1 aliphatic carbocycles. The minimum Gasteiger partial charge on any atom is -0.467 e. The Bertz CT molecular complexity index is 3350. The van der Waals surface area contributed by atoms with Crippen molar-refractivity contribution in [1.29, 1.82) is 21.0 Å². The number of hydrogen-bond donors (Lipinski definition) is 1. The molecule has 2 heterocycles. The maximum absolute atomic E-state index is 15.2. The zero-order chi connectivity index (χ0) is 72.2. The molecule has 0 saturated carbocycles. The van der Waals surface area contributed by atoms with Gasteiger partial charge in [-0.25, -0.2) is 9.59 Å². The lowest BCUT2D eigenvalue weighted by atomic mass is 9.98. The SMILES string of the molecule is COC(=O)[C@H](CCCCN=c1nc(N(CO[Si](C(C)C)(C(C)C)C(C)C)C(=O)c2ccc(Br)cc2)ccn1[C@@H]1O[C@H](COP(OCCC#N)OCCC#N)[C@@H](OP(OCCC#N)OCCC#N)[C@H]1OCO[Si](C(C)C)(C(C)C)C(C)C)NC(=O)OCC1c2ccccc2-c2ccccc21. The van der Waals surface area contributed by atoms with E-state index < -0.39 is 82.4 Å². The molecule has 0 unspecified atom stereocenters. The van der Waals surface area contributed by atoms with Crippen LogP contribution < -0.4 is 15.8 Å². The molecule has 6 rings (SSSR count). The molecule has 0 bridgehead atoms. The number of rotatable bonds is 42. The minimum absolute atomic E-state index is 0.0102. The fourth-order valence-corrected chi connectivity index (χ4v) is 26.5. The van der Waals surface area contributed by atoms with Gasteiger partial charge in [-0.3, -0.25) is 19.3 Å². The molecule has 3 aromatic carbocycles. The average Bonchev–Trinajstić information content (AvgIpc) is 1.66. The highest BCUT2D eigenvalue weighted by atomic mass is 79.9. The van der Waals surface area contributed by atoms with Gasteiger partial charge in [-0.05, 0) is 105 Å². The van der Waals surface area contributed by atoms with E-state index in [4.69, 9.17) is 64.9 Å². The van der Waals surface area contributed by atoms with Gasteiger partial charge < -0.3 is 60.3 Å². The van der Waals surface area contributed by atoms with Crippen LogP contribution in [0.2, 0.25) is 33.2 Å². The highest BCUT2D eigenvalue weighted by Gasteiger charge is 2.52. The number of carbonyl (C=O) groups excluding carboxylic acids is 3. The highest BCUT2D eigenvalue weighted by Crippen LogP contribution is 2.50. The van der Waals surface area contributed by atoms with Gasteiger partial charge in [0.2, 0.25) is 22.3 Å². The van der Waals surface area contributed by atoms with Gasteiger partial charge in [0.15, 0.2) is 6.23 Å². The van der Waals surface area contributed by atoms with Gasteiger partial charge >= 0.3 is 29.3 Å². The fraction of sp³-hybridized carbons (Fsp3) is 0.586. The summed E-state index contributed by atoms with van der Waals surface area (Å²) in [7, 11) is -8.57. The van der Waals surface area contributed by atoms with E-state index in [1.807, 2.05) is 36.4 Å². The molecule has 1 N–H and O–H groups in total. The van der Waals surface area contributed by atoms with E-state index in [1.165, 1.54) is 12.0 Å². The van der Waals surface area contributed by atoms with Gasteiger partial charge in [-0.15, -0.1) is 0 Å². The number of methoxy groups -OCH3 is 1. The van der Waals surface area contributed by atoms with Crippen LogP contribution in [0, 0.1) is 45.3 Å². The summed E-state index contributed by atoms with van der Waals surface area (Å²) >= 11 is 3.53. The number of alkyl carbamates (subject to hydrolysis) is 1. The molecule has 5 atom stereocenters. The van der Waals surface area contributed by atoms with Gasteiger partial charge in [-0.2, -0.15) is 26.0 Å². The number of ether oxygens (including phenoxy) is 4.